The molecule has 0 radical (unpaired) electrons. The lowest BCUT2D eigenvalue weighted by Crippen LogP contribution is -2.34. The molecule has 1 aliphatic heterocycles. The standard InChI is InChI=1S/C16H24N4O/c1-16(2,3)15-17-14(18-21-15)12-19-10-6-13(7-11-19)20-8-4-5-9-20/h4-5,8-9,13H,6-7,10-12H2,1-3H3. The van der Waals surface area contributed by atoms with Crippen molar-refractivity contribution >= 4 is 0 Å². The van der Waals surface area contributed by atoms with Crippen molar-refractivity contribution in [3.63, 3.8) is 0 Å². The minimum atomic E-state index is -0.0767. The second-order valence-electron chi connectivity index (χ2n) is 6.90. The van der Waals surface area contributed by atoms with Gasteiger partial charge >= 0.3 is 0 Å². The van der Waals surface area contributed by atoms with E-state index in [-0.39, 0.29) is 5.41 Å². The van der Waals surface area contributed by atoms with Crippen LogP contribution in [0, 0.1) is 0 Å². The van der Waals surface area contributed by atoms with Gasteiger partial charge in [0.1, 0.15) is 0 Å². The van der Waals surface area contributed by atoms with Crippen molar-refractivity contribution in [2.75, 3.05) is 13.1 Å². The van der Waals surface area contributed by atoms with Gasteiger partial charge in [-0.15, -0.1) is 0 Å². The van der Waals surface area contributed by atoms with Gasteiger partial charge in [-0.3, -0.25) is 4.90 Å². The second-order valence-corrected chi connectivity index (χ2v) is 6.90. The van der Waals surface area contributed by atoms with Crippen LogP contribution in [0.3, 0.4) is 0 Å². The Morgan fingerprint density at radius 3 is 2.43 bits per heavy atom. The second kappa shape index (κ2) is 5.64. The minimum absolute atomic E-state index is 0.0767. The van der Waals surface area contributed by atoms with Crippen LogP contribution < -0.4 is 0 Å². The highest BCUT2D eigenvalue weighted by molar-refractivity contribution is 4.99. The van der Waals surface area contributed by atoms with Gasteiger partial charge in [-0.2, -0.15) is 4.98 Å². The van der Waals surface area contributed by atoms with Gasteiger partial charge in [-0.05, 0) is 25.0 Å². The van der Waals surface area contributed by atoms with Gasteiger partial charge in [0.05, 0.1) is 6.54 Å². The molecule has 5 nitrogen and oxygen atoms in total. The number of aromatic nitrogens is 3. The van der Waals surface area contributed by atoms with E-state index in [9.17, 15) is 0 Å². The molecule has 0 spiro atoms. The topological polar surface area (TPSA) is 47.1 Å². The molecule has 1 aliphatic rings. The Labute approximate surface area is 125 Å². The quantitative estimate of drug-likeness (QED) is 0.871. The molecule has 21 heavy (non-hydrogen) atoms. The molecule has 5 heteroatoms. The van der Waals surface area contributed by atoms with E-state index in [1.807, 2.05) is 0 Å². The van der Waals surface area contributed by atoms with Crippen molar-refractivity contribution in [2.24, 2.45) is 0 Å². The molecule has 0 unspecified atom stereocenters. The summed E-state index contributed by atoms with van der Waals surface area (Å²) in [6.07, 6.45) is 6.68. The smallest absolute Gasteiger partial charge is 0.232 e. The molecular weight excluding hydrogens is 264 g/mol. The highest BCUT2D eigenvalue weighted by Gasteiger charge is 2.24. The molecule has 0 amide bonds. The summed E-state index contributed by atoms with van der Waals surface area (Å²) >= 11 is 0. The SMILES string of the molecule is CC(C)(C)c1nc(CN2CCC(n3cccc3)CC2)no1. The van der Waals surface area contributed by atoms with Gasteiger partial charge in [0.2, 0.25) is 5.89 Å². The number of piperidine rings is 1. The number of hydrogen-bond acceptors (Lipinski definition) is 4. The maximum absolute atomic E-state index is 5.36. The van der Waals surface area contributed by atoms with E-state index in [0.29, 0.717) is 6.04 Å². The molecule has 0 atom stereocenters. The molecule has 3 heterocycles. The van der Waals surface area contributed by atoms with Crippen molar-refractivity contribution in [1.29, 1.82) is 0 Å². The molecule has 1 fully saturated rings. The summed E-state index contributed by atoms with van der Waals surface area (Å²) in [6.45, 7) is 9.23. The Kier molecular flexibility index (Phi) is 3.85. The fourth-order valence-electron chi connectivity index (χ4n) is 2.79. The number of hydrogen-bond donors (Lipinski definition) is 0. The predicted octanol–water partition coefficient (Wildman–Crippen LogP) is 3.01. The van der Waals surface area contributed by atoms with Crippen molar-refractivity contribution in [1.82, 2.24) is 19.6 Å². The third kappa shape index (κ3) is 3.35. The number of rotatable bonds is 3. The molecule has 3 rings (SSSR count). The summed E-state index contributed by atoms with van der Waals surface area (Å²) in [7, 11) is 0. The van der Waals surface area contributed by atoms with Crippen LogP contribution in [0.5, 0.6) is 0 Å². The minimum Gasteiger partial charge on any atom is -0.351 e. The Morgan fingerprint density at radius 2 is 1.86 bits per heavy atom. The number of likely N-dealkylation sites (tertiary alicyclic amines) is 1. The van der Waals surface area contributed by atoms with Crippen LogP contribution in [0.1, 0.15) is 51.4 Å². The van der Waals surface area contributed by atoms with Gasteiger partial charge in [-0.1, -0.05) is 25.9 Å². The summed E-state index contributed by atoms with van der Waals surface area (Å²) in [5, 5.41) is 4.11. The van der Waals surface area contributed by atoms with Crippen molar-refractivity contribution in [2.45, 2.75) is 51.6 Å². The van der Waals surface area contributed by atoms with E-state index in [4.69, 9.17) is 4.52 Å². The first kappa shape index (κ1) is 14.3. The summed E-state index contributed by atoms with van der Waals surface area (Å²) < 4.78 is 7.68. The summed E-state index contributed by atoms with van der Waals surface area (Å²) in [4.78, 5) is 6.93. The summed E-state index contributed by atoms with van der Waals surface area (Å²) in [5.74, 6) is 1.53. The largest absolute Gasteiger partial charge is 0.351 e. The Balaban J connectivity index is 1.55. The van der Waals surface area contributed by atoms with Crippen LogP contribution in [0.4, 0.5) is 0 Å². The normalized spacial score (nSPS) is 18.2. The van der Waals surface area contributed by atoms with Gasteiger partial charge in [-0.25, -0.2) is 0 Å². The molecule has 0 aromatic carbocycles. The van der Waals surface area contributed by atoms with E-state index in [1.54, 1.807) is 0 Å². The maximum atomic E-state index is 5.36. The summed E-state index contributed by atoms with van der Waals surface area (Å²) in [5.41, 5.74) is -0.0767. The molecule has 114 valence electrons. The van der Waals surface area contributed by atoms with Gasteiger partial charge < -0.3 is 9.09 Å². The van der Waals surface area contributed by atoms with Crippen molar-refractivity contribution in [3.05, 3.63) is 36.2 Å². The third-order valence-corrected chi connectivity index (χ3v) is 4.08. The van der Waals surface area contributed by atoms with Crippen molar-refractivity contribution in [3.8, 4) is 0 Å². The van der Waals surface area contributed by atoms with Crippen LogP contribution in [-0.2, 0) is 12.0 Å². The highest BCUT2D eigenvalue weighted by Crippen LogP contribution is 2.24. The van der Waals surface area contributed by atoms with E-state index in [2.05, 4.69) is 64.9 Å². The van der Waals surface area contributed by atoms with E-state index < -0.39 is 0 Å². The van der Waals surface area contributed by atoms with E-state index >= 15 is 0 Å². The van der Waals surface area contributed by atoms with Gasteiger partial charge in [0, 0.05) is 36.9 Å². The average molecular weight is 288 g/mol. The lowest BCUT2D eigenvalue weighted by molar-refractivity contribution is 0.174. The zero-order chi connectivity index (χ0) is 14.9. The average Bonchev–Trinajstić information content (AvgIpc) is 3.09. The molecule has 0 saturated carbocycles. The maximum Gasteiger partial charge on any atom is 0.232 e. The van der Waals surface area contributed by atoms with Crippen molar-refractivity contribution < 1.29 is 4.52 Å². The first-order valence-corrected chi connectivity index (χ1v) is 7.70. The van der Waals surface area contributed by atoms with Crippen LogP contribution in [0.25, 0.3) is 0 Å². The Bertz CT molecular complexity index is 559. The van der Waals surface area contributed by atoms with E-state index in [1.165, 1.54) is 12.8 Å². The zero-order valence-electron chi connectivity index (χ0n) is 13.1. The monoisotopic (exact) mass is 288 g/mol. The summed E-state index contributed by atoms with van der Waals surface area (Å²) in [6, 6.07) is 4.83. The Hall–Kier alpha value is -1.62. The first-order chi connectivity index (χ1) is 10.0. The van der Waals surface area contributed by atoms with Crippen LogP contribution in [0.2, 0.25) is 0 Å². The Morgan fingerprint density at radius 1 is 1.19 bits per heavy atom. The molecular formula is C16H24N4O. The number of nitrogens with zero attached hydrogens (tertiary/aromatic N) is 4. The molecule has 2 aromatic heterocycles. The predicted molar refractivity (Wildman–Crippen MR) is 81.0 cm³/mol. The third-order valence-electron chi connectivity index (χ3n) is 4.08. The fourth-order valence-corrected chi connectivity index (χ4v) is 2.79. The van der Waals surface area contributed by atoms with Gasteiger partial charge in [0.25, 0.3) is 0 Å². The molecule has 0 N–H and O–H groups in total. The molecule has 2 aromatic rings. The zero-order valence-corrected chi connectivity index (χ0v) is 13.1. The van der Waals surface area contributed by atoms with Crippen LogP contribution in [0.15, 0.2) is 29.0 Å². The lowest BCUT2D eigenvalue weighted by atomic mass is 9.97. The molecule has 1 saturated heterocycles. The van der Waals surface area contributed by atoms with Crippen LogP contribution >= 0.6 is 0 Å². The fraction of sp³-hybridized carbons (Fsp3) is 0.625. The first-order valence-electron chi connectivity index (χ1n) is 7.70. The molecule has 0 aliphatic carbocycles. The van der Waals surface area contributed by atoms with Crippen LogP contribution in [-0.4, -0.2) is 32.7 Å². The van der Waals surface area contributed by atoms with Gasteiger partial charge in [0.15, 0.2) is 5.82 Å². The lowest BCUT2D eigenvalue weighted by Gasteiger charge is -2.31. The molecule has 0 bridgehead atoms. The highest BCUT2D eigenvalue weighted by atomic mass is 16.5. The van der Waals surface area contributed by atoms with E-state index in [0.717, 1.165) is 31.3 Å².